The van der Waals surface area contributed by atoms with Crippen molar-refractivity contribution >= 4 is 40.6 Å². The van der Waals surface area contributed by atoms with Crippen LogP contribution in [-0.4, -0.2) is 57.8 Å². The van der Waals surface area contributed by atoms with E-state index in [-0.39, 0.29) is 5.91 Å². The van der Waals surface area contributed by atoms with Crippen LogP contribution in [0, 0.1) is 0 Å². The Balaban J connectivity index is 1.23. The number of thiophene rings is 1. The fraction of sp³-hybridized carbons (Fsp3) is 0.316. The molecular formula is C19H19ClN4O2S2. The van der Waals surface area contributed by atoms with Crippen molar-refractivity contribution in [1.29, 1.82) is 0 Å². The first-order valence-corrected chi connectivity index (χ1v) is 11.2. The molecule has 0 saturated carbocycles. The van der Waals surface area contributed by atoms with Crippen LogP contribution in [0.15, 0.2) is 51.2 Å². The molecule has 9 heteroatoms. The molecule has 0 unspecified atom stereocenters. The van der Waals surface area contributed by atoms with Gasteiger partial charge in [0.1, 0.15) is 0 Å². The van der Waals surface area contributed by atoms with Crippen LogP contribution in [0.3, 0.4) is 0 Å². The third-order valence-corrected chi connectivity index (χ3v) is 6.58. The highest BCUT2D eigenvalue weighted by Crippen LogP contribution is 2.22. The first kappa shape index (κ1) is 19.4. The van der Waals surface area contributed by atoms with Crippen LogP contribution in [0.4, 0.5) is 0 Å². The minimum Gasteiger partial charge on any atom is -0.339 e. The molecule has 1 aliphatic rings. The number of nitrogens with zero attached hydrogens (tertiary/aromatic N) is 4. The summed E-state index contributed by atoms with van der Waals surface area (Å²) in [5.74, 6) is 1.85. The van der Waals surface area contributed by atoms with Crippen molar-refractivity contribution in [1.82, 2.24) is 19.9 Å². The average Bonchev–Trinajstić information content (AvgIpc) is 3.40. The van der Waals surface area contributed by atoms with E-state index in [1.54, 1.807) is 11.3 Å². The van der Waals surface area contributed by atoms with E-state index >= 15 is 0 Å². The van der Waals surface area contributed by atoms with E-state index in [9.17, 15) is 4.79 Å². The lowest BCUT2D eigenvalue weighted by Crippen LogP contribution is -2.48. The lowest BCUT2D eigenvalue weighted by Gasteiger charge is -2.33. The summed E-state index contributed by atoms with van der Waals surface area (Å²) in [6.07, 6.45) is 0. The van der Waals surface area contributed by atoms with Crippen LogP contribution in [0.5, 0.6) is 0 Å². The van der Waals surface area contributed by atoms with Crippen molar-refractivity contribution < 1.29 is 9.32 Å². The molecule has 0 aliphatic carbocycles. The van der Waals surface area contributed by atoms with Gasteiger partial charge in [-0.1, -0.05) is 22.8 Å². The van der Waals surface area contributed by atoms with Crippen molar-refractivity contribution in [3.05, 3.63) is 52.7 Å². The second-order valence-corrected chi connectivity index (χ2v) is 8.82. The fourth-order valence-electron chi connectivity index (χ4n) is 2.94. The predicted molar refractivity (Wildman–Crippen MR) is 112 cm³/mol. The predicted octanol–water partition coefficient (Wildman–Crippen LogP) is 3.89. The monoisotopic (exact) mass is 434 g/mol. The van der Waals surface area contributed by atoms with E-state index < -0.39 is 0 Å². The molecule has 146 valence electrons. The lowest BCUT2D eigenvalue weighted by molar-refractivity contribution is -0.130. The topological polar surface area (TPSA) is 62.5 Å². The van der Waals surface area contributed by atoms with Gasteiger partial charge in [-0.3, -0.25) is 9.69 Å². The minimum atomic E-state index is 0.164. The molecule has 1 fully saturated rings. The molecule has 1 aliphatic heterocycles. The van der Waals surface area contributed by atoms with Crippen LogP contribution in [-0.2, 0) is 11.3 Å². The largest absolute Gasteiger partial charge is 0.339 e. The van der Waals surface area contributed by atoms with Crippen LogP contribution in [0.2, 0.25) is 5.02 Å². The maximum absolute atomic E-state index is 12.5. The Bertz CT molecular complexity index is 906. The third kappa shape index (κ3) is 4.94. The number of piperazine rings is 1. The molecule has 0 radical (unpaired) electrons. The number of amides is 1. The first-order valence-electron chi connectivity index (χ1n) is 8.92. The summed E-state index contributed by atoms with van der Waals surface area (Å²) in [6, 6.07) is 11.5. The Labute approximate surface area is 176 Å². The molecule has 3 aromatic rings. The number of benzene rings is 1. The van der Waals surface area contributed by atoms with Crippen molar-refractivity contribution in [3.63, 3.8) is 0 Å². The minimum absolute atomic E-state index is 0.164. The van der Waals surface area contributed by atoms with E-state index in [0.717, 1.165) is 22.9 Å². The zero-order valence-electron chi connectivity index (χ0n) is 15.1. The standard InChI is InChI=1S/C19H19ClN4O2S2/c20-14-3-5-15(6-4-14)28-13-18(25)24-9-7-23(8-10-24)12-17-21-19(22-26-17)16-2-1-11-27-16/h1-6,11H,7-10,12-13H2. The van der Waals surface area contributed by atoms with E-state index in [4.69, 9.17) is 16.1 Å². The highest BCUT2D eigenvalue weighted by molar-refractivity contribution is 8.00. The number of hydrogen-bond acceptors (Lipinski definition) is 7. The molecule has 4 rings (SSSR count). The normalized spacial score (nSPS) is 15.1. The molecule has 2 aromatic heterocycles. The fourth-order valence-corrected chi connectivity index (χ4v) is 4.52. The van der Waals surface area contributed by atoms with Crippen LogP contribution in [0.1, 0.15) is 5.89 Å². The number of hydrogen-bond donors (Lipinski definition) is 0. The van der Waals surface area contributed by atoms with Gasteiger partial charge >= 0.3 is 0 Å². The van der Waals surface area contributed by atoms with Gasteiger partial charge in [0.05, 0.1) is 17.2 Å². The SMILES string of the molecule is O=C(CSc1ccc(Cl)cc1)N1CCN(Cc2nc(-c3cccs3)no2)CC1. The van der Waals surface area contributed by atoms with Crippen molar-refractivity contribution in [3.8, 4) is 10.7 Å². The van der Waals surface area contributed by atoms with Crippen molar-refractivity contribution in [2.24, 2.45) is 0 Å². The highest BCUT2D eigenvalue weighted by Gasteiger charge is 2.22. The van der Waals surface area contributed by atoms with Crippen LogP contribution >= 0.6 is 34.7 Å². The summed E-state index contributed by atoms with van der Waals surface area (Å²) < 4.78 is 5.37. The molecule has 6 nitrogen and oxygen atoms in total. The molecule has 3 heterocycles. The summed E-state index contributed by atoms with van der Waals surface area (Å²) in [6.45, 7) is 3.64. The van der Waals surface area contributed by atoms with Gasteiger partial charge in [0, 0.05) is 36.1 Å². The number of halogens is 1. The van der Waals surface area contributed by atoms with E-state index in [1.807, 2.05) is 46.7 Å². The van der Waals surface area contributed by atoms with E-state index in [1.165, 1.54) is 11.8 Å². The van der Waals surface area contributed by atoms with Gasteiger partial charge in [-0.05, 0) is 35.7 Å². The molecule has 0 N–H and O–H groups in total. The zero-order valence-corrected chi connectivity index (χ0v) is 17.5. The van der Waals surface area contributed by atoms with Crippen LogP contribution in [0.25, 0.3) is 10.7 Å². The van der Waals surface area contributed by atoms with Gasteiger partial charge in [-0.2, -0.15) is 4.98 Å². The number of carbonyl (C=O) groups is 1. The maximum atomic E-state index is 12.5. The Morgan fingerprint density at radius 1 is 1.18 bits per heavy atom. The molecule has 28 heavy (non-hydrogen) atoms. The number of thioether (sulfide) groups is 1. The molecular weight excluding hydrogens is 416 g/mol. The smallest absolute Gasteiger partial charge is 0.241 e. The quantitative estimate of drug-likeness (QED) is 0.548. The number of carbonyl (C=O) groups excluding carboxylic acids is 1. The molecule has 1 aromatic carbocycles. The lowest BCUT2D eigenvalue weighted by atomic mass is 10.3. The van der Waals surface area contributed by atoms with E-state index in [2.05, 4.69) is 15.0 Å². The molecule has 1 saturated heterocycles. The number of aromatic nitrogens is 2. The molecule has 0 bridgehead atoms. The summed E-state index contributed by atoms with van der Waals surface area (Å²) in [5.41, 5.74) is 0. The van der Waals surface area contributed by atoms with Gasteiger partial charge in [0.25, 0.3) is 0 Å². The molecule has 1 amide bonds. The molecule has 0 spiro atoms. The van der Waals surface area contributed by atoms with Crippen molar-refractivity contribution in [2.45, 2.75) is 11.4 Å². The molecule has 0 atom stereocenters. The van der Waals surface area contributed by atoms with Gasteiger partial charge in [0.15, 0.2) is 0 Å². The van der Waals surface area contributed by atoms with Crippen LogP contribution < -0.4 is 0 Å². The summed E-state index contributed by atoms with van der Waals surface area (Å²) in [4.78, 5) is 23.1. The third-order valence-electron chi connectivity index (χ3n) is 4.47. The highest BCUT2D eigenvalue weighted by atomic mass is 35.5. The zero-order chi connectivity index (χ0) is 19.3. The van der Waals surface area contributed by atoms with Gasteiger partial charge in [0.2, 0.25) is 17.6 Å². The van der Waals surface area contributed by atoms with Gasteiger partial charge < -0.3 is 9.42 Å². The number of rotatable bonds is 6. The summed E-state index contributed by atoms with van der Waals surface area (Å²) in [7, 11) is 0. The Hall–Kier alpha value is -1.87. The first-order chi connectivity index (χ1) is 13.7. The second kappa shape index (κ2) is 9.09. The summed E-state index contributed by atoms with van der Waals surface area (Å²) in [5, 5.41) is 6.75. The Morgan fingerprint density at radius 3 is 2.68 bits per heavy atom. The summed E-state index contributed by atoms with van der Waals surface area (Å²) >= 11 is 9.02. The Morgan fingerprint density at radius 2 is 1.96 bits per heavy atom. The average molecular weight is 435 g/mol. The Kier molecular flexibility index (Phi) is 6.31. The van der Waals surface area contributed by atoms with E-state index in [0.29, 0.717) is 42.1 Å². The van der Waals surface area contributed by atoms with Crippen molar-refractivity contribution in [2.75, 3.05) is 31.9 Å². The van der Waals surface area contributed by atoms with Gasteiger partial charge in [-0.15, -0.1) is 23.1 Å². The van der Waals surface area contributed by atoms with Gasteiger partial charge in [-0.25, -0.2) is 0 Å². The second-order valence-electron chi connectivity index (χ2n) is 6.39. The maximum Gasteiger partial charge on any atom is 0.241 e.